The molecule has 0 saturated carbocycles. The van der Waals surface area contributed by atoms with E-state index in [1.54, 1.807) is 6.07 Å². The summed E-state index contributed by atoms with van der Waals surface area (Å²) in [6.07, 6.45) is 1.74. The highest BCUT2D eigenvalue weighted by atomic mass is 16.3. The van der Waals surface area contributed by atoms with E-state index in [1.165, 1.54) is 0 Å². The molecule has 1 atom stereocenters. The minimum atomic E-state index is -0.0137. The highest BCUT2D eigenvalue weighted by molar-refractivity contribution is 5.92. The molecular formula is C14H21N3O2. The number of rotatable bonds is 5. The second-order valence-corrected chi connectivity index (χ2v) is 4.86. The molecule has 5 nitrogen and oxygen atoms in total. The number of pyridine rings is 1. The largest absolute Gasteiger partial charge is 0.396 e. The van der Waals surface area contributed by atoms with Crippen molar-refractivity contribution in [1.82, 2.24) is 9.88 Å². The average molecular weight is 263 g/mol. The Hall–Kier alpha value is -1.62. The lowest BCUT2D eigenvalue weighted by molar-refractivity contribution is 0.0779. The number of amides is 1. The third kappa shape index (κ3) is 3.44. The van der Waals surface area contributed by atoms with Crippen LogP contribution < -0.4 is 5.32 Å². The van der Waals surface area contributed by atoms with E-state index >= 15 is 0 Å². The highest BCUT2D eigenvalue weighted by Gasteiger charge is 2.27. The summed E-state index contributed by atoms with van der Waals surface area (Å²) in [5.41, 5.74) is 0.489. The molecule has 1 aromatic rings. The fourth-order valence-electron chi connectivity index (χ4n) is 2.43. The van der Waals surface area contributed by atoms with Crippen LogP contribution in [0.1, 0.15) is 30.3 Å². The number of aliphatic hydroxyl groups excluding tert-OH is 1. The van der Waals surface area contributed by atoms with Crippen molar-refractivity contribution in [2.24, 2.45) is 5.92 Å². The topological polar surface area (TPSA) is 65.5 Å². The van der Waals surface area contributed by atoms with Crippen molar-refractivity contribution in [3.63, 3.8) is 0 Å². The molecule has 2 rings (SSSR count). The van der Waals surface area contributed by atoms with E-state index in [0.29, 0.717) is 11.6 Å². The summed E-state index contributed by atoms with van der Waals surface area (Å²) in [6.45, 7) is 4.47. The van der Waals surface area contributed by atoms with E-state index in [0.717, 1.165) is 38.3 Å². The number of hydrogen-bond donors (Lipinski definition) is 2. The van der Waals surface area contributed by atoms with Crippen LogP contribution in [0.5, 0.6) is 0 Å². The number of carbonyl (C=O) groups excluding carboxylic acids is 1. The standard InChI is InChI=1S/C14H21N3O2/c1-2-15-13-5-3-4-12(16-13)14(19)17-8-6-11(10-17)7-9-18/h3-5,11,18H,2,6-10H2,1H3,(H,15,16). The minimum absolute atomic E-state index is 0.0137. The van der Waals surface area contributed by atoms with Gasteiger partial charge in [0.05, 0.1) is 0 Å². The Morgan fingerprint density at radius 1 is 1.58 bits per heavy atom. The van der Waals surface area contributed by atoms with Crippen molar-refractivity contribution < 1.29 is 9.90 Å². The molecule has 1 fully saturated rings. The fourth-order valence-corrected chi connectivity index (χ4v) is 2.43. The first-order valence-electron chi connectivity index (χ1n) is 6.85. The molecule has 19 heavy (non-hydrogen) atoms. The zero-order valence-corrected chi connectivity index (χ0v) is 11.3. The first-order valence-corrected chi connectivity index (χ1v) is 6.85. The van der Waals surface area contributed by atoms with Gasteiger partial charge in [0.2, 0.25) is 0 Å². The van der Waals surface area contributed by atoms with Gasteiger partial charge in [-0.3, -0.25) is 4.79 Å². The Labute approximate surface area is 113 Å². The Morgan fingerprint density at radius 3 is 3.16 bits per heavy atom. The minimum Gasteiger partial charge on any atom is -0.396 e. The molecule has 104 valence electrons. The van der Waals surface area contributed by atoms with Crippen LogP contribution in [0.2, 0.25) is 0 Å². The SMILES string of the molecule is CCNc1cccc(C(=O)N2CCC(CCO)C2)n1. The summed E-state index contributed by atoms with van der Waals surface area (Å²) in [6, 6.07) is 5.46. The number of aliphatic hydroxyl groups is 1. The van der Waals surface area contributed by atoms with Gasteiger partial charge in [-0.1, -0.05) is 6.07 Å². The summed E-state index contributed by atoms with van der Waals surface area (Å²) in [5, 5.41) is 12.0. The molecule has 0 bridgehead atoms. The molecule has 1 aliphatic rings. The first-order chi connectivity index (χ1) is 9.24. The number of aromatic nitrogens is 1. The molecule has 0 radical (unpaired) electrons. The third-order valence-corrected chi connectivity index (χ3v) is 3.44. The van der Waals surface area contributed by atoms with E-state index in [1.807, 2.05) is 24.0 Å². The van der Waals surface area contributed by atoms with Crippen molar-refractivity contribution in [3.8, 4) is 0 Å². The highest BCUT2D eigenvalue weighted by Crippen LogP contribution is 2.21. The molecule has 2 N–H and O–H groups in total. The van der Waals surface area contributed by atoms with Crippen molar-refractivity contribution in [2.75, 3.05) is 31.6 Å². The maximum absolute atomic E-state index is 12.3. The summed E-state index contributed by atoms with van der Waals surface area (Å²) in [4.78, 5) is 18.5. The van der Waals surface area contributed by atoms with E-state index in [4.69, 9.17) is 5.11 Å². The second kappa shape index (κ2) is 6.52. The monoisotopic (exact) mass is 263 g/mol. The van der Waals surface area contributed by atoms with Gasteiger partial charge in [0.1, 0.15) is 11.5 Å². The molecule has 1 saturated heterocycles. The van der Waals surface area contributed by atoms with Crippen molar-refractivity contribution in [1.29, 1.82) is 0 Å². The molecule has 2 heterocycles. The van der Waals surface area contributed by atoms with Crippen LogP contribution in [-0.2, 0) is 0 Å². The predicted octanol–water partition coefficient (Wildman–Crippen LogP) is 1.36. The molecule has 0 aromatic carbocycles. The first kappa shape index (κ1) is 13.8. The van der Waals surface area contributed by atoms with Crippen LogP contribution in [-0.4, -0.2) is 47.1 Å². The van der Waals surface area contributed by atoms with Crippen LogP contribution in [0, 0.1) is 5.92 Å². The van der Waals surface area contributed by atoms with Crippen LogP contribution in [0.25, 0.3) is 0 Å². The summed E-state index contributed by atoms with van der Waals surface area (Å²) >= 11 is 0. The van der Waals surface area contributed by atoms with Crippen molar-refractivity contribution in [3.05, 3.63) is 23.9 Å². The van der Waals surface area contributed by atoms with Gasteiger partial charge < -0.3 is 15.3 Å². The zero-order chi connectivity index (χ0) is 13.7. The van der Waals surface area contributed by atoms with Gasteiger partial charge in [-0.15, -0.1) is 0 Å². The maximum atomic E-state index is 12.3. The van der Waals surface area contributed by atoms with Gasteiger partial charge in [-0.05, 0) is 37.8 Å². The molecule has 0 spiro atoms. The van der Waals surface area contributed by atoms with Gasteiger partial charge in [0, 0.05) is 26.2 Å². The van der Waals surface area contributed by atoms with Crippen LogP contribution in [0.15, 0.2) is 18.2 Å². The van der Waals surface area contributed by atoms with Gasteiger partial charge >= 0.3 is 0 Å². The Kier molecular flexibility index (Phi) is 4.74. The number of carbonyl (C=O) groups is 1. The van der Waals surface area contributed by atoms with Crippen LogP contribution in [0.3, 0.4) is 0 Å². The van der Waals surface area contributed by atoms with Crippen molar-refractivity contribution >= 4 is 11.7 Å². The Bertz CT molecular complexity index is 436. The third-order valence-electron chi connectivity index (χ3n) is 3.44. The number of hydrogen-bond acceptors (Lipinski definition) is 4. The smallest absolute Gasteiger partial charge is 0.272 e. The molecular weight excluding hydrogens is 242 g/mol. The average Bonchev–Trinajstić information content (AvgIpc) is 2.88. The fraction of sp³-hybridized carbons (Fsp3) is 0.571. The predicted molar refractivity (Wildman–Crippen MR) is 74.1 cm³/mol. The van der Waals surface area contributed by atoms with Crippen LogP contribution >= 0.6 is 0 Å². The lowest BCUT2D eigenvalue weighted by Crippen LogP contribution is -2.29. The van der Waals surface area contributed by atoms with E-state index in [9.17, 15) is 4.79 Å². The lowest BCUT2D eigenvalue weighted by atomic mass is 10.1. The Balaban J connectivity index is 2.01. The van der Waals surface area contributed by atoms with Gasteiger partial charge in [0.25, 0.3) is 5.91 Å². The van der Waals surface area contributed by atoms with E-state index in [2.05, 4.69) is 10.3 Å². The summed E-state index contributed by atoms with van der Waals surface area (Å²) in [7, 11) is 0. The number of anilines is 1. The molecule has 1 unspecified atom stereocenters. The zero-order valence-electron chi connectivity index (χ0n) is 11.3. The summed E-state index contributed by atoms with van der Waals surface area (Å²) < 4.78 is 0. The molecule has 0 aliphatic carbocycles. The van der Waals surface area contributed by atoms with Crippen molar-refractivity contribution in [2.45, 2.75) is 19.8 Å². The number of nitrogens with one attached hydrogen (secondary N) is 1. The summed E-state index contributed by atoms with van der Waals surface area (Å²) in [5.74, 6) is 1.14. The van der Waals surface area contributed by atoms with Gasteiger partial charge in [0.15, 0.2) is 0 Å². The molecule has 5 heteroatoms. The molecule has 1 aliphatic heterocycles. The number of likely N-dealkylation sites (tertiary alicyclic amines) is 1. The van der Waals surface area contributed by atoms with Gasteiger partial charge in [-0.25, -0.2) is 4.98 Å². The Morgan fingerprint density at radius 2 is 2.42 bits per heavy atom. The quantitative estimate of drug-likeness (QED) is 0.842. The van der Waals surface area contributed by atoms with Crippen LogP contribution in [0.4, 0.5) is 5.82 Å². The number of nitrogens with zero attached hydrogens (tertiary/aromatic N) is 2. The van der Waals surface area contributed by atoms with Gasteiger partial charge in [-0.2, -0.15) is 0 Å². The molecule has 1 amide bonds. The lowest BCUT2D eigenvalue weighted by Gasteiger charge is -2.16. The second-order valence-electron chi connectivity index (χ2n) is 4.86. The normalized spacial score (nSPS) is 18.6. The maximum Gasteiger partial charge on any atom is 0.272 e. The van der Waals surface area contributed by atoms with E-state index in [-0.39, 0.29) is 12.5 Å². The van der Waals surface area contributed by atoms with E-state index < -0.39 is 0 Å². The molecule has 1 aromatic heterocycles.